The van der Waals surface area contributed by atoms with E-state index in [2.05, 4.69) is 25.9 Å². The first-order valence-corrected chi connectivity index (χ1v) is 12.3. The predicted molar refractivity (Wildman–Crippen MR) is 138 cm³/mol. The third-order valence-corrected chi connectivity index (χ3v) is 5.85. The van der Waals surface area contributed by atoms with Crippen LogP contribution in [0.4, 0.5) is 4.39 Å². The van der Waals surface area contributed by atoms with Crippen molar-refractivity contribution in [2.75, 3.05) is 6.61 Å². The van der Waals surface area contributed by atoms with Crippen LogP contribution in [0.1, 0.15) is 60.3 Å². The molecule has 0 unspecified atom stereocenters. The van der Waals surface area contributed by atoms with Crippen molar-refractivity contribution in [3.8, 4) is 0 Å². The molecular formula is C27H29FN6O5. The number of halogens is 1. The zero-order valence-corrected chi connectivity index (χ0v) is 22.0. The second kappa shape index (κ2) is 11.4. The lowest BCUT2D eigenvalue weighted by Crippen LogP contribution is -2.53. The van der Waals surface area contributed by atoms with Crippen LogP contribution in [0.25, 0.3) is 10.9 Å². The van der Waals surface area contributed by atoms with Gasteiger partial charge in [0.2, 0.25) is 11.8 Å². The van der Waals surface area contributed by atoms with Gasteiger partial charge in [-0.05, 0) is 36.1 Å². The summed E-state index contributed by atoms with van der Waals surface area (Å²) >= 11 is 0. The average Bonchev–Trinajstić information content (AvgIpc) is 3.52. The van der Waals surface area contributed by atoms with Crippen LogP contribution in [0, 0.1) is 11.2 Å². The van der Waals surface area contributed by atoms with Crippen LogP contribution in [-0.4, -0.2) is 50.4 Å². The molecule has 39 heavy (non-hydrogen) atoms. The first-order valence-electron chi connectivity index (χ1n) is 12.3. The molecule has 0 radical (unpaired) electrons. The average molecular weight is 537 g/mol. The van der Waals surface area contributed by atoms with Gasteiger partial charge in [0.05, 0.1) is 25.2 Å². The van der Waals surface area contributed by atoms with Gasteiger partial charge in [0.15, 0.2) is 5.69 Å². The molecule has 2 heterocycles. The van der Waals surface area contributed by atoms with Gasteiger partial charge in [0, 0.05) is 5.39 Å². The summed E-state index contributed by atoms with van der Waals surface area (Å²) in [6.45, 7) is 7.42. The van der Waals surface area contributed by atoms with Gasteiger partial charge in [-0.3, -0.25) is 14.3 Å². The number of hydrogen-bond donors (Lipinski definition) is 2. The molecule has 2 aromatic heterocycles. The SMILES string of the molecule is CCOC(=O)c1nnc(CNC(=O)[C@@H](NC(=O)c2nn(Cc3ccc(F)cc3)c3ccccc23)C(C)(C)C)o1. The first-order chi connectivity index (χ1) is 18.6. The Hall–Kier alpha value is -4.61. The summed E-state index contributed by atoms with van der Waals surface area (Å²) in [6.07, 6.45) is 0. The third kappa shape index (κ3) is 6.46. The molecule has 11 nitrogen and oxygen atoms in total. The molecule has 0 fully saturated rings. The molecule has 2 N–H and O–H groups in total. The van der Waals surface area contributed by atoms with Crippen LogP contribution in [0.3, 0.4) is 0 Å². The molecule has 204 valence electrons. The van der Waals surface area contributed by atoms with E-state index in [0.717, 1.165) is 11.1 Å². The molecule has 0 bridgehead atoms. The molecule has 0 aliphatic heterocycles. The van der Waals surface area contributed by atoms with E-state index in [1.807, 2.05) is 32.9 Å². The summed E-state index contributed by atoms with van der Waals surface area (Å²) in [6, 6.07) is 12.4. The van der Waals surface area contributed by atoms with E-state index in [0.29, 0.717) is 11.9 Å². The standard InChI is InChI=1S/C27H29FN6O5/c1-5-38-26(37)25-32-31-20(39-25)14-29-24(36)22(27(2,3)4)30-23(35)21-18-8-6-7-9-19(18)34(33-21)15-16-10-12-17(28)13-11-16/h6-13,22H,5,14-15H2,1-4H3,(H,29,36)(H,30,35)/t22-/m1/s1. The van der Waals surface area contributed by atoms with Crippen molar-refractivity contribution >= 4 is 28.7 Å². The number of hydrogen-bond acceptors (Lipinski definition) is 8. The van der Waals surface area contributed by atoms with E-state index in [1.54, 1.807) is 35.9 Å². The number of fused-ring (bicyclic) bond motifs is 1. The fraction of sp³-hybridized carbons (Fsp3) is 0.333. The summed E-state index contributed by atoms with van der Waals surface area (Å²) in [7, 11) is 0. The lowest BCUT2D eigenvalue weighted by atomic mass is 9.86. The Bertz CT molecular complexity index is 1490. The normalized spacial score (nSPS) is 12.2. The molecule has 4 aromatic rings. The van der Waals surface area contributed by atoms with E-state index >= 15 is 0 Å². The number of esters is 1. The van der Waals surface area contributed by atoms with Crippen LogP contribution in [0.15, 0.2) is 52.9 Å². The maximum Gasteiger partial charge on any atom is 0.396 e. The number of rotatable bonds is 9. The Morgan fingerprint density at radius 3 is 2.49 bits per heavy atom. The highest BCUT2D eigenvalue weighted by atomic mass is 19.1. The lowest BCUT2D eigenvalue weighted by molar-refractivity contribution is -0.125. The summed E-state index contributed by atoms with van der Waals surface area (Å²) < 4.78 is 25.1. The van der Waals surface area contributed by atoms with Crippen molar-refractivity contribution in [3.63, 3.8) is 0 Å². The molecular weight excluding hydrogens is 507 g/mol. The topological polar surface area (TPSA) is 141 Å². The van der Waals surface area contributed by atoms with Crippen LogP contribution < -0.4 is 10.6 Å². The summed E-state index contributed by atoms with van der Waals surface area (Å²) in [5.74, 6) is -2.41. The van der Waals surface area contributed by atoms with Gasteiger partial charge in [-0.15, -0.1) is 10.2 Å². The minimum Gasteiger partial charge on any atom is -0.459 e. The molecule has 0 spiro atoms. The van der Waals surface area contributed by atoms with Crippen molar-refractivity contribution in [1.82, 2.24) is 30.6 Å². The Morgan fingerprint density at radius 1 is 1.08 bits per heavy atom. The zero-order valence-electron chi connectivity index (χ0n) is 22.0. The molecule has 2 aromatic carbocycles. The maximum absolute atomic E-state index is 13.4. The van der Waals surface area contributed by atoms with Crippen LogP contribution in [0.2, 0.25) is 0 Å². The van der Waals surface area contributed by atoms with Gasteiger partial charge in [0.25, 0.3) is 5.91 Å². The number of carbonyl (C=O) groups is 3. The fourth-order valence-electron chi connectivity index (χ4n) is 3.92. The molecule has 0 saturated heterocycles. The van der Waals surface area contributed by atoms with Gasteiger partial charge >= 0.3 is 11.9 Å². The Balaban J connectivity index is 1.51. The van der Waals surface area contributed by atoms with E-state index in [9.17, 15) is 18.8 Å². The monoisotopic (exact) mass is 536 g/mol. The minimum absolute atomic E-state index is 0.0101. The number of aromatic nitrogens is 4. The highest BCUT2D eigenvalue weighted by Crippen LogP contribution is 2.23. The van der Waals surface area contributed by atoms with Gasteiger partial charge in [-0.25, -0.2) is 9.18 Å². The smallest absolute Gasteiger partial charge is 0.396 e. The van der Waals surface area contributed by atoms with Crippen LogP contribution >= 0.6 is 0 Å². The molecule has 1 atom stereocenters. The van der Waals surface area contributed by atoms with Crippen molar-refractivity contribution in [2.24, 2.45) is 5.41 Å². The largest absolute Gasteiger partial charge is 0.459 e. The Morgan fingerprint density at radius 2 is 1.79 bits per heavy atom. The van der Waals surface area contributed by atoms with Gasteiger partial charge in [0.1, 0.15) is 11.9 Å². The van der Waals surface area contributed by atoms with Crippen molar-refractivity contribution in [2.45, 2.75) is 46.8 Å². The van der Waals surface area contributed by atoms with Gasteiger partial charge in [-0.1, -0.05) is 51.1 Å². The van der Waals surface area contributed by atoms with Gasteiger partial charge < -0.3 is 19.8 Å². The number of ether oxygens (including phenoxy) is 1. The number of para-hydroxylation sites is 1. The number of nitrogens with zero attached hydrogens (tertiary/aromatic N) is 4. The predicted octanol–water partition coefficient (Wildman–Crippen LogP) is 3.24. The second-order valence-corrected chi connectivity index (χ2v) is 9.86. The molecule has 0 saturated carbocycles. The summed E-state index contributed by atoms with van der Waals surface area (Å²) in [4.78, 5) is 38.3. The quantitative estimate of drug-likeness (QED) is 0.311. The summed E-state index contributed by atoms with van der Waals surface area (Å²) in [5, 5.41) is 18.0. The number of carbonyl (C=O) groups excluding carboxylic acids is 3. The van der Waals surface area contributed by atoms with Crippen molar-refractivity contribution < 1.29 is 27.9 Å². The lowest BCUT2D eigenvalue weighted by Gasteiger charge is -2.30. The summed E-state index contributed by atoms with van der Waals surface area (Å²) in [5.41, 5.74) is 1.02. The minimum atomic E-state index is -0.946. The zero-order chi connectivity index (χ0) is 28.2. The van der Waals surface area contributed by atoms with E-state index in [4.69, 9.17) is 9.15 Å². The van der Waals surface area contributed by atoms with E-state index in [1.165, 1.54) is 12.1 Å². The number of nitrogens with one attached hydrogen (secondary N) is 2. The highest BCUT2D eigenvalue weighted by Gasteiger charge is 2.34. The third-order valence-electron chi connectivity index (χ3n) is 5.85. The van der Waals surface area contributed by atoms with Crippen LogP contribution in [-0.2, 0) is 22.6 Å². The maximum atomic E-state index is 13.4. The Labute approximate surface area is 223 Å². The molecule has 0 aliphatic carbocycles. The molecule has 12 heteroatoms. The highest BCUT2D eigenvalue weighted by molar-refractivity contribution is 6.06. The van der Waals surface area contributed by atoms with Gasteiger partial charge in [-0.2, -0.15) is 5.10 Å². The first kappa shape index (κ1) is 27.4. The number of benzene rings is 2. The van der Waals surface area contributed by atoms with Crippen molar-refractivity contribution in [1.29, 1.82) is 0 Å². The van der Waals surface area contributed by atoms with E-state index < -0.39 is 29.2 Å². The fourth-order valence-corrected chi connectivity index (χ4v) is 3.92. The molecule has 2 amide bonds. The van der Waals surface area contributed by atoms with E-state index in [-0.39, 0.29) is 36.4 Å². The second-order valence-electron chi connectivity index (χ2n) is 9.86. The molecule has 4 rings (SSSR count). The Kier molecular flexibility index (Phi) is 8.03. The van der Waals surface area contributed by atoms with Crippen LogP contribution in [0.5, 0.6) is 0 Å². The number of amides is 2. The molecule has 0 aliphatic rings. The van der Waals surface area contributed by atoms with Crippen molar-refractivity contribution in [3.05, 3.63) is 77.4 Å².